The van der Waals surface area contributed by atoms with Crippen LogP contribution >= 0.6 is 0 Å². The van der Waals surface area contributed by atoms with Crippen LogP contribution in [0.2, 0.25) is 0 Å². The minimum atomic E-state index is -1.29. The number of fused-ring (bicyclic) bond motifs is 5. The molecule has 0 aromatic rings. The van der Waals surface area contributed by atoms with Gasteiger partial charge >= 0.3 is 6.09 Å². The van der Waals surface area contributed by atoms with E-state index < -0.39 is 29.3 Å². The Kier molecular flexibility index (Phi) is 9.67. The molecule has 0 aliphatic heterocycles. The molecular formula is C32H57NO6. The van der Waals surface area contributed by atoms with E-state index in [-0.39, 0.29) is 32.7 Å². The highest BCUT2D eigenvalue weighted by Gasteiger charge is 2.67. The van der Waals surface area contributed by atoms with Crippen molar-refractivity contribution in [1.29, 1.82) is 0 Å². The minimum Gasteiger partial charge on any atom is -0.446 e. The Morgan fingerprint density at radius 2 is 1.67 bits per heavy atom. The average molecular weight is 552 g/mol. The Morgan fingerprint density at radius 1 is 0.974 bits per heavy atom. The zero-order valence-corrected chi connectivity index (χ0v) is 25.3. The van der Waals surface area contributed by atoms with Crippen LogP contribution in [-0.2, 0) is 4.74 Å². The standard InChI is InChI=1S/C32H57NO6/c1-21(2)7-6-8-22(3)25-9-10-26-24-19-28(36)32(38)20-23(39-29(37)33(15-17-34)16-18-35)11-14-31(32,5)27(24)12-13-30(25,26)4/h21-28,34-36,38H,6-20H2,1-5H3/t22-,23+,24+,25-,26+,27+,28-,30-,31-,32+/m1/s1. The summed E-state index contributed by atoms with van der Waals surface area (Å²) in [6.45, 7) is 11.6. The summed E-state index contributed by atoms with van der Waals surface area (Å²) >= 11 is 0. The van der Waals surface area contributed by atoms with E-state index in [4.69, 9.17) is 4.74 Å². The molecule has 4 aliphatic rings. The van der Waals surface area contributed by atoms with Gasteiger partial charge in [-0.15, -0.1) is 0 Å². The number of rotatable bonds is 10. The molecule has 0 aromatic carbocycles. The third kappa shape index (κ3) is 5.63. The Bertz CT molecular complexity index is 831. The third-order valence-electron chi connectivity index (χ3n) is 12.3. The van der Waals surface area contributed by atoms with Crippen molar-refractivity contribution < 1.29 is 30.0 Å². The lowest BCUT2D eigenvalue weighted by Crippen LogP contribution is -2.68. The summed E-state index contributed by atoms with van der Waals surface area (Å²) in [6.07, 6.45) is 9.12. The second-order valence-corrected chi connectivity index (χ2v) is 14.7. The first-order chi connectivity index (χ1) is 18.4. The molecule has 0 aromatic heterocycles. The van der Waals surface area contributed by atoms with Gasteiger partial charge in [0.25, 0.3) is 0 Å². The van der Waals surface area contributed by atoms with Gasteiger partial charge in [-0.1, -0.05) is 53.9 Å². The SMILES string of the molecule is CC(C)CCC[C@@H](C)[C@H]1CC[C@H]2[C@@H]3C[C@@H](O)[C@@]4(O)C[C@@H](OC(=O)N(CCO)CCO)CC[C@]4(C)[C@H]3CC[C@]12C. The Labute approximate surface area is 236 Å². The van der Waals surface area contributed by atoms with Crippen LogP contribution in [0.1, 0.15) is 105 Å². The lowest BCUT2D eigenvalue weighted by Gasteiger charge is -2.65. The molecule has 0 heterocycles. The molecule has 226 valence electrons. The lowest BCUT2D eigenvalue weighted by atomic mass is 9.42. The molecule has 4 fully saturated rings. The van der Waals surface area contributed by atoms with Crippen LogP contribution in [0.3, 0.4) is 0 Å². The van der Waals surface area contributed by atoms with E-state index >= 15 is 0 Å². The summed E-state index contributed by atoms with van der Waals surface area (Å²) in [5, 5.41) is 42.3. The largest absolute Gasteiger partial charge is 0.446 e. The van der Waals surface area contributed by atoms with E-state index in [0.29, 0.717) is 36.0 Å². The highest BCUT2D eigenvalue weighted by molar-refractivity contribution is 5.67. The molecule has 4 N–H and O–H groups in total. The van der Waals surface area contributed by atoms with Crippen LogP contribution in [0.25, 0.3) is 0 Å². The van der Waals surface area contributed by atoms with Crippen molar-refractivity contribution >= 4 is 6.09 Å². The zero-order chi connectivity index (χ0) is 28.6. The topological polar surface area (TPSA) is 110 Å². The number of hydrogen-bond donors (Lipinski definition) is 4. The van der Waals surface area contributed by atoms with E-state index in [0.717, 1.165) is 30.6 Å². The van der Waals surface area contributed by atoms with Gasteiger partial charge in [-0.05, 0) is 85.9 Å². The molecule has 10 atom stereocenters. The number of aliphatic hydroxyl groups excluding tert-OH is 3. The Hall–Kier alpha value is -0.890. The highest BCUT2D eigenvalue weighted by Crippen LogP contribution is 2.69. The molecular weight excluding hydrogens is 494 g/mol. The van der Waals surface area contributed by atoms with Gasteiger partial charge in [0, 0.05) is 24.9 Å². The van der Waals surface area contributed by atoms with E-state index in [1.807, 2.05) is 0 Å². The molecule has 7 nitrogen and oxygen atoms in total. The van der Waals surface area contributed by atoms with Crippen molar-refractivity contribution in [2.75, 3.05) is 26.3 Å². The van der Waals surface area contributed by atoms with E-state index in [1.165, 1.54) is 43.4 Å². The minimum absolute atomic E-state index is 0.0952. The second-order valence-electron chi connectivity index (χ2n) is 14.7. The van der Waals surface area contributed by atoms with E-state index in [9.17, 15) is 25.2 Å². The number of hydrogen-bond acceptors (Lipinski definition) is 6. The Balaban J connectivity index is 1.46. The Morgan fingerprint density at radius 3 is 2.31 bits per heavy atom. The van der Waals surface area contributed by atoms with Gasteiger partial charge in [0.05, 0.1) is 24.9 Å². The summed E-state index contributed by atoms with van der Waals surface area (Å²) in [5.41, 5.74) is -1.37. The van der Waals surface area contributed by atoms with Gasteiger partial charge in [0.15, 0.2) is 0 Å². The molecule has 39 heavy (non-hydrogen) atoms. The van der Waals surface area contributed by atoms with Crippen LogP contribution in [0.5, 0.6) is 0 Å². The summed E-state index contributed by atoms with van der Waals surface area (Å²) in [5.74, 6) is 3.65. The van der Waals surface area contributed by atoms with Gasteiger partial charge in [-0.3, -0.25) is 0 Å². The lowest BCUT2D eigenvalue weighted by molar-refractivity contribution is -0.265. The van der Waals surface area contributed by atoms with Crippen LogP contribution in [-0.4, -0.2) is 75.5 Å². The maximum absolute atomic E-state index is 12.7. The van der Waals surface area contributed by atoms with Gasteiger partial charge in [0.2, 0.25) is 0 Å². The third-order valence-corrected chi connectivity index (χ3v) is 12.3. The molecule has 0 radical (unpaired) electrons. The number of carbonyl (C=O) groups excluding carboxylic acids is 1. The fourth-order valence-corrected chi connectivity index (χ4v) is 10.1. The average Bonchev–Trinajstić information content (AvgIpc) is 3.23. The maximum atomic E-state index is 12.7. The molecule has 4 saturated carbocycles. The first-order valence-corrected chi connectivity index (χ1v) is 16.0. The number of amides is 1. The predicted octanol–water partition coefficient (Wildman–Crippen LogP) is 4.99. The molecule has 0 spiro atoms. The smallest absolute Gasteiger partial charge is 0.410 e. The number of carbonyl (C=O) groups is 1. The van der Waals surface area contributed by atoms with Crippen molar-refractivity contribution in [3.63, 3.8) is 0 Å². The fourth-order valence-electron chi connectivity index (χ4n) is 10.1. The zero-order valence-electron chi connectivity index (χ0n) is 25.3. The van der Waals surface area contributed by atoms with E-state index in [1.54, 1.807) is 0 Å². The van der Waals surface area contributed by atoms with Crippen LogP contribution in [0.15, 0.2) is 0 Å². The van der Waals surface area contributed by atoms with Crippen molar-refractivity contribution in [2.24, 2.45) is 46.3 Å². The molecule has 0 unspecified atom stereocenters. The summed E-state index contributed by atoms with van der Waals surface area (Å²) in [7, 11) is 0. The van der Waals surface area contributed by atoms with Crippen molar-refractivity contribution in [3.05, 3.63) is 0 Å². The maximum Gasteiger partial charge on any atom is 0.410 e. The van der Waals surface area contributed by atoms with Gasteiger partial charge in [-0.25, -0.2) is 4.79 Å². The molecule has 1 amide bonds. The van der Waals surface area contributed by atoms with Gasteiger partial charge < -0.3 is 30.1 Å². The highest BCUT2D eigenvalue weighted by atomic mass is 16.6. The number of ether oxygens (including phenoxy) is 1. The number of nitrogens with zero attached hydrogens (tertiary/aromatic N) is 1. The first-order valence-electron chi connectivity index (χ1n) is 16.0. The quantitative estimate of drug-likeness (QED) is 0.305. The van der Waals surface area contributed by atoms with Crippen molar-refractivity contribution in [2.45, 2.75) is 123 Å². The fraction of sp³-hybridized carbons (Fsp3) is 0.969. The monoisotopic (exact) mass is 551 g/mol. The van der Waals surface area contributed by atoms with Crippen molar-refractivity contribution in [1.82, 2.24) is 4.90 Å². The summed E-state index contributed by atoms with van der Waals surface area (Å²) in [6, 6.07) is 0. The predicted molar refractivity (Wildman–Crippen MR) is 152 cm³/mol. The van der Waals surface area contributed by atoms with Gasteiger partial charge in [-0.2, -0.15) is 0 Å². The van der Waals surface area contributed by atoms with Crippen LogP contribution in [0, 0.1) is 46.3 Å². The molecule has 0 bridgehead atoms. The van der Waals surface area contributed by atoms with E-state index in [2.05, 4.69) is 34.6 Å². The molecule has 7 heteroatoms. The first kappa shape index (κ1) is 31.1. The molecule has 0 saturated heterocycles. The normalized spacial score (nSPS) is 42.4. The van der Waals surface area contributed by atoms with Crippen molar-refractivity contribution in [3.8, 4) is 0 Å². The summed E-state index contributed by atoms with van der Waals surface area (Å²) in [4.78, 5) is 14.0. The van der Waals surface area contributed by atoms with Crippen LogP contribution in [0.4, 0.5) is 4.79 Å². The summed E-state index contributed by atoms with van der Waals surface area (Å²) < 4.78 is 5.77. The van der Waals surface area contributed by atoms with Crippen LogP contribution < -0.4 is 0 Å². The second kappa shape index (κ2) is 12.1. The van der Waals surface area contributed by atoms with Gasteiger partial charge in [0.1, 0.15) is 6.10 Å². The molecule has 4 rings (SSSR count). The number of aliphatic hydroxyl groups is 4. The molecule has 4 aliphatic carbocycles.